The number of aryl methyl sites for hydroxylation is 1. The van der Waals surface area contributed by atoms with Crippen LogP contribution in [-0.4, -0.2) is 29.9 Å². The molecule has 3 nitrogen and oxygen atoms in total. The summed E-state index contributed by atoms with van der Waals surface area (Å²) in [6.45, 7) is 5.10. The Bertz CT molecular complexity index is 389. The largest absolute Gasteiger partial charge is 0.378 e. The van der Waals surface area contributed by atoms with Crippen LogP contribution in [0.15, 0.2) is 5.38 Å². The van der Waals surface area contributed by atoms with Crippen LogP contribution in [0.3, 0.4) is 0 Å². The highest BCUT2D eigenvalue weighted by molar-refractivity contribution is 7.09. The predicted molar refractivity (Wildman–Crippen MR) is 83.6 cm³/mol. The predicted octanol–water partition coefficient (Wildman–Crippen LogP) is 4.18. The van der Waals surface area contributed by atoms with Crippen LogP contribution in [0.25, 0.3) is 0 Å². The molecule has 0 saturated carbocycles. The highest BCUT2D eigenvalue weighted by Gasteiger charge is 2.24. The Morgan fingerprint density at radius 2 is 2.10 bits per heavy atom. The van der Waals surface area contributed by atoms with Crippen molar-refractivity contribution in [2.45, 2.75) is 70.1 Å². The molecule has 2 atom stereocenters. The van der Waals surface area contributed by atoms with Gasteiger partial charge in [0.1, 0.15) is 0 Å². The van der Waals surface area contributed by atoms with E-state index < -0.39 is 0 Å². The van der Waals surface area contributed by atoms with E-state index in [2.05, 4.69) is 18.8 Å². The maximum Gasteiger partial charge on any atom is 0.0928 e. The summed E-state index contributed by atoms with van der Waals surface area (Å²) in [5.74, 6) is 0.514. The van der Waals surface area contributed by atoms with Crippen LogP contribution in [0.4, 0.5) is 0 Å². The standard InChI is InChI=1S/C15H24ClNO2S/c1-11-7-14(8-12(2)19-11)18-6-4-3-5-15-17-13(9-16)10-20-15/h10-12,14H,3-9H2,1-2H3. The van der Waals surface area contributed by atoms with Gasteiger partial charge < -0.3 is 9.47 Å². The quantitative estimate of drug-likeness (QED) is 0.558. The average molecular weight is 318 g/mol. The number of unbranched alkanes of at least 4 members (excludes halogenated alkanes) is 1. The van der Waals surface area contributed by atoms with Crippen molar-refractivity contribution < 1.29 is 9.47 Å². The maximum absolute atomic E-state index is 5.97. The van der Waals surface area contributed by atoms with Crippen molar-refractivity contribution in [2.24, 2.45) is 0 Å². The summed E-state index contributed by atoms with van der Waals surface area (Å²) in [5, 5.41) is 3.23. The van der Waals surface area contributed by atoms with Crippen LogP contribution < -0.4 is 0 Å². The zero-order valence-corrected chi connectivity index (χ0v) is 13.9. The van der Waals surface area contributed by atoms with E-state index in [9.17, 15) is 0 Å². The number of nitrogens with zero attached hydrogens (tertiary/aromatic N) is 1. The van der Waals surface area contributed by atoms with Crippen molar-refractivity contribution in [1.82, 2.24) is 4.98 Å². The first-order chi connectivity index (χ1) is 9.67. The second-order valence-electron chi connectivity index (χ2n) is 5.54. The van der Waals surface area contributed by atoms with Crippen molar-refractivity contribution in [2.75, 3.05) is 6.61 Å². The van der Waals surface area contributed by atoms with Gasteiger partial charge in [0.05, 0.1) is 34.9 Å². The summed E-state index contributed by atoms with van der Waals surface area (Å²) in [4.78, 5) is 4.47. The van der Waals surface area contributed by atoms with Crippen molar-refractivity contribution >= 4 is 22.9 Å². The summed E-state index contributed by atoms with van der Waals surface area (Å²) < 4.78 is 11.7. The van der Waals surface area contributed by atoms with Gasteiger partial charge in [-0.1, -0.05) is 0 Å². The summed E-state index contributed by atoms with van der Waals surface area (Å²) in [6, 6.07) is 0. The smallest absolute Gasteiger partial charge is 0.0928 e. The average Bonchev–Trinajstić information content (AvgIpc) is 2.85. The highest BCUT2D eigenvalue weighted by Crippen LogP contribution is 2.22. The molecule has 2 rings (SSSR count). The number of ether oxygens (including phenoxy) is 2. The van der Waals surface area contributed by atoms with E-state index in [4.69, 9.17) is 21.1 Å². The summed E-state index contributed by atoms with van der Waals surface area (Å²) >= 11 is 7.46. The van der Waals surface area contributed by atoms with E-state index in [1.54, 1.807) is 11.3 Å². The Kier molecular flexibility index (Phi) is 6.75. The topological polar surface area (TPSA) is 31.4 Å². The lowest BCUT2D eigenvalue weighted by Gasteiger charge is -2.32. The van der Waals surface area contributed by atoms with Gasteiger partial charge >= 0.3 is 0 Å². The van der Waals surface area contributed by atoms with Crippen LogP contribution in [0, 0.1) is 0 Å². The fraction of sp³-hybridized carbons (Fsp3) is 0.800. The lowest BCUT2D eigenvalue weighted by Crippen LogP contribution is -2.34. The van der Waals surface area contributed by atoms with Crippen LogP contribution in [0.5, 0.6) is 0 Å². The van der Waals surface area contributed by atoms with Gasteiger partial charge in [-0.05, 0) is 46.0 Å². The Labute approximate surface area is 130 Å². The first kappa shape index (κ1) is 16.2. The van der Waals surface area contributed by atoms with E-state index in [1.165, 1.54) is 5.01 Å². The summed E-state index contributed by atoms with van der Waals surface area (Å²) in [6.07, 6.45) is 6.33. The lowest BCUT2D eigenvalue weighted by atomic mass is 10.0. The maximum atomic E-state index is 5.97. The summed E-state index contributed by atoms with van der Waals surface area (Å²) in [7, 11) is 0. The third-order valence-corrected chi connectivity index (χ3v) is 4.76. The molecule has 1 aliphatic rings. The minimum atomic E-state index is 0.327. The number of alkyl halides is 1. The number of hydrogen-bond donors (Lipinski definition) is 0. The molecule has 1 fully saturated rings. The first-order valence-electron chi connectivity index (χ1n) is 7.43. The van der Waals surface area contributed by atoms with Gasteiger partial charge in [0.15, 0.2) is 0 Å². The third-order valence-electron chi connectivity index (χ3n) is 3.53. The van der Waals surface area contributed by atoms with Crippen molar-refractivity contribution in [3.8, 4) is 0 Å². The first-order valence-corrected chi connectivity index (χ1v) is 8.85. The molecule has 1 aromatic rings. The van der Waals surface area contributed by atoms with Gasteiger partial charge in [0, 0.05) is 12.0 Å². The summed E-state index contributed by atoms with van der Waals surface area (Å²) in [5.41, 5.74) is 0.994. The van der Waals surface area contributed by atoms with E-state index in [0.29, 0.717) is 24.2 Å². The Morgan fingerprint density at radius 3 is 2.75 bits per heavy atom. The minimum absolute atomic E-state index is 0.327. The van der Waals surface area contributed by atoms with E-state index >= 15 is 0 Å². The zero-order valence-electron chi connectivity index (χ0n) is 12.3. The molecule has 1 aliphatic heterocycles. The molecule has 0 aromatic carbocycles. The van der Waals surface area contributed by atoms with Crippen molar-refractivity contribution in [3.05, 3.63) is 16.1 Å². The Morgan fingerprint density at radius 1 is 1.35 bits per heavy atom. The van der Waals surface area contributed by atoms with Crippen LogP contribution in [0.2, 0.25) is 0 Å². The molecular weight excluding hydrogens is 294 g/mol. The molecule has 0 aliphatic carbocycles. The molecule has 0 spiro atoms. The molecular formula is C15H24ClNO2S. The SMILES string of the molecule is CC1CC(OCCCCc2nc(CCl)cs2)CC(C)O1. The second-order valence-corrected chi connectivity index (χ2v) is 6.75. The van der Waals surface area contributed by atoms with Gasteiger partial charge in [-0.15, -0.1) is 22.9 Å². The monoisotopic (exact) mass is 317 g/mol. The minimum Gasteiger partial charge on any atom is -0.378 e. The normalized spacial score (nSPS) is 26.9. The lowest BCUT2D eigenvalue weighted by molar-refractivity contribution is -0.102. The highest BCUT2D eigenvalue weighted by atomic mass is 35.5. The van der Waals surface area contributed by atoms with Gasteiger partial charge in [-0.3, -0.25) is 0 Å². The molecule has 1 saturated heterocycles. The number of rotatable bonds is 7. The fourth-order valence-corrected chi connectivity index (χ4v) is 3.70. The molecule has 1 aromatic heterocycles. The van der Waals surface area contributed by atoms with E-state index in [-0.39, 0.29) is 0 Å². The molecule has 5 heteroatoms. The molecule has 20 heavy (non-hydrogen) atoms. The van der Waals surface area contributed by atoms with Gasteiger partial charge in [-0.2, -0.15) is 0 Å². The number of hydrogen-bond acceptors (Lipinski definition) is 4. The molecule has 0 amide bonds. The molecule has 2 unspecified atom stereocenters. The van der Waals surface area contributed by atoms with Gasteiger partial charge in [0.25, 0.3) is 0 Å². The van der Waals surface area contributed by atoms with Crippen LogP contribution in [0.1, 0.15) is 50.2 Å². The van der Waals surface area contributed by atoms with E-state index in [0.717, 1.165) is 44.4 Å². The molecule has 0 N–H and O–H groups in total. The number of thiazole rings is 1. The van der Waals surface area contributed by atoms with Crippen molar-refractivity contribution in [3.63, 3.8) is 0 Å². The molecule has 0 bridgehead atoms. The van der Waals surface area contributed by atoms with Gasteiger partial charge in [0.2, 0.25) is 0 Å². The second kappa shape index (κ2) is 8.32. The van der Waals surface area contributed by atoms with Crippen LogP contribution in [-0.2, 0) is 21.8 Å². The number of halogens is 1. The van der Waals surface area contributed by atoms with Gasteiger partial charge in [-0.25, -0.2) is 4.98 Å². The Hall–Kier alpha value is -0.160. The number of aromatic nitrogens is 1. The third kappa shape index (κ3) is 5.32. The Balaban J connectivity index is 1.57. The fourth-order valence-electron chi connectivity index (χ4n) is 2.63. The van der Waals surface area contributed by atoms with E-state index in [1.807, 2.05) is 5.38 Å². The van der Waals surface area contributed by atoms with Crippen molar-refractivity contribution in [1.29, 1.82) is 0 Å². The molecule has 114 valence electrons. The zero-order chi connectivity index (χ0) is 14.4. The molecule has 2 heterocycles. The molecule has 0 radical (unpaired) electrons. The van der Waals surface area contributed by atoms with Crippen LogP contribution >= 0.6 is 22.9 Å².